The second kappa shape index (κ2) is 10.5. The maximum atomic E-state index is 13.2. The number of piperidine rings is 1. The summed E-state index contributed by atoms with van der Waals surface area (Å²) in [5, 5.41) is 3.35. The van der Waals surface area contributed by atoms with E-state index in [9.17, 15) is 13.2 Å². The Kier molecular flexibility index (Phi) is 8.08. The number of aryl methyl sites for hydroxylation is 3. The first kappa shape index (κ1) is 25.5. The van der Waals surface area contributed by atoms with Crippen LogP contribution in [0.4, 0.5) is 0 Å². The largest absolute Gasteiger partial charge is 0.492 e. The summed E-state index contributed by atoms with van der Waals surface area (Å²) in [6.07, 6.45) is 1.28. The van der Waals surface area contributed by atoms with E-state index in [1.54, 1.807) is 6.07 Å². The molecule has 2 atom stereocenters. The molecule has 1 aliphatic rings. The first-order valence-electron chi connectivity index (χ1n) is 11.3. The van der Waals surface area contributed by atoms with Gasteiger partial charge in [0.05, 0.1) is 28.5 Å². The number of carbonyl (C=O) groups is 1. The maximum Gasteiger partial charge on any atom is 0.243 e. The summed E-state index contributed by atoms with van der Waals surface area (Å²) < 4.78 is 33.2. The molecule has 3 rings (SSSR count). The van der Waals surface area contributed by atoms with E-state index < -0.39 is 15.9 Å². The molecule has 1 N–H and O–H groups in total. The highest BCUT2D eigenvalue weighted by atomic mass is 35.5. The van der Waals surface area contributed by atoms with Gasteiger partial charge in [-0.25, -0.2) is 8.42 Å². The normalized spacial score (nSPS) is 18.1. The Hall–Kier alpha value is -2.09. The van der Waals surface area contributed by atoms with E-state index in [-0.39, 0.29) is 28.4 Å². The van der Waals surface area contributed by atoms with Crippen LogP contribution in [0.25, 0.3) is 0 Å². The van der Waals surface area contributed by atoms with E-state index in [0.717, 1.165) is 11.1 Å². The van der Waals surface area contributed by atoms with Crippen molar-refractivity contribution in [1.82, 2.24) is 9.62 Å². The number of nitrogens with one attached hydrogen (secondary N) is 1. The molecule has 1 aliphatic heterocycles. The number of hydrogen-bond acceptors (Lipinski definition) is 4. The minimum absolute atomic E-state index is 0.108. The average molecular weight is 493 g/mol. The minimum atomic E-state index is -3.77. The van der Waals surface area contributed by atoms with Crippen LogP contribution in [0, 0.1) is 26.7 Å². The van der Waals surface area contributed by atoms with Crippen LogP contribution in [-0.4, -0.2) is 38.3 Å². The first-order chi connectivity index (χ1) is 15.5. The molecule has 0 radical (unpaired) electrons. The third-order valence-electron chi connectivity index (χ3n) is 6.30. The summed E-state index contributed by atoms with van der Waals surface area (Å²) in [6, 6.07) is 8.57. The lowest BCUT2D eigenvalue weighted by Crippen LogP contribution is -2.45. The molecule has 2 aromatic carbocycles. The number of benzene rings is 2. The van der Waals surface area contributed by atoms with Crippen LogP contribution >= 0.6 is 11.6 Å². The van der Waals surface area contributed by atoms with Crippen molar-refractivity contribution < 1.29 is 17.9 Å². The van der Waals surface area contributed by atoms with Gasteiger partial charge in [-0.1, -0.05) is 23.7 Å². The molecule has 8 heteroatoms. The molecule has 1 heterocycles. The van der Waals surface area contributed by atoms with Crippen molar-refractivity contribution >= 4 is 27.5 Å². The fraction of sp³-hybridized carbons (Fsp3) is 0.480. The fourth-order valence-corrected chi connectivity index (χ4v) is 6.15. The molecular formula is C25H33ClN2O4S. The summed E-state index contributed by atoms with van der Waals surface area (Å²) >= 11 is 6.21. The predicted octanol–water partition coefficient (Wildman–Crippen LogP) is 4.94. The van der Waals surface area contributed by atoms with E-state index in [0.29, 0.717) is 31.7 Å². The SMILES string of the molecule is CCOc1ccc(S(=O)(=O)N2CCCC(C(=O)NC(C)c3cc(C)c(C)cc3C)C2)cc1Cl. The number of halogens is 1. The van der Waals surface area contributed by atoms with Gasteiger partial charge in [0, 0.05) is 13.1 Å². The van der Waals surface area contributed by atoms with Crippen LogP contribution in [0.5, 0.6) is 5.75 Å². The number of rotatable bonds is 7. The van der Waals surface area contributed by atoms with Crippen molar-refractivity contribution in [3.8, 4) is 5.75 Å². The Morgan fingerprint density at radius 3 is 2.55 bits per heavy atom. The van der Waals surface area contributed by atoms with Gasteiger partial charge in [0.25, 0.3) is 0 Å². The second-order valence-electron chi connectivity index (χ2n) is 8.75. The third kappa shape index (κ3) is 5.70. The standard InChI is InChI=1S/C25H33ClN2O4S/c1-6-32-24-10-9-21(14-23(24)26)33(30,31)28-11-7-8-20(15-28)25(29)27-19(5)22-13-17(3)16(2)12-18(22)4/h9-10,12-14,19-20H,6-8,11,15H2,1-5H3,(H,27,29). The number of ether oxygens (including phenoxy) is 1. The molecule has 1 fully saturated rings. The smallest absolute Gasteiger partial charge is 0.243 e. The second-order valence-corrected chi connectivity index (χ2v) is 11.1. The molecule has 0 aromatic heterocycles. The van der Waals surface area contributed by atoms with Crippen LogP contribution in [0.15, 0.2) is 35.2 Å². The van der Waals surface area contributed by atoms with Crippen molar-refractivity contribution in [3.05, 3.63) is 57.6 Å². The monoisotopic (exact) mass is 492 g/mol. The molecule has 2 unspecified atom stereocenters. The molecule has 180 valence electrons. The summed E-state index contributed by atoms with van der Waals surface area (Å²) in [4.78, 5) is 13.2. The number of carbonyl (C=O) groups excluding carboxylic acids is 1. The summed E-state index contributed by atoms with van der Waals surface area (Å²) in [5.41, 5.74) is 4.61. The highest BCUT2D eigenvalue weighted by Gasteiger charge is 2.34. The van der Waals surface area contributed by atoms with Gasteiger partial charge >= 0.3 is 0 Å². The van der Waals surface area contributed by atoms with E-state index in [1.807, 2.05) is 20.8 Å². The summed E-state index contributed by atoms with van der Waals surface area (Å²) in [5.74, 6) is -0.0737. The molecule has 0 bridgehead atoms. The van der Waals surface area contributed by atoms with Crippen LogP contribution in [0.1, 0.15) is 55.0 Å². The number of sulfonamides is 1. The minimum Gasteiger partial charge on any atom is -0.492 e. The quantitative estimate of drug-likeness (QED) is 0.593. The lowest BCUT2D eigenvalue weighted by atomic mass is 9.95. The van der Waals surface area contributed by atoms with Gasteiger partial charge < -0.3 is 10.1 Å². The van der Waals surface area contributed by atoms with Crippen molar-refractivity contribution in [1.29, 1.82) is 0 Å². The van der Waals surface area contributed by atoms with Gasteiger partial charge in [-0.2, -0.15) is 4.31 Å². The fourth-order valence-electron chi connectivity index (χ4n) is 4.30. The van der Waals surface area contributed by atoms with Crippen LogP contribution < -0.4 is 10.1 Å². The van der Waals surface area contributed by atoms with Crippen LogP contribution in [0.3, 0.4) is 0 Å². The highest BCUT2D eigenvalue weighted by molar-refractivity contribution is 7.89. The Morgan fingerprint density at radius 1 is 1.18 bits per heavy atom. The summed E-state index contributed by atoms with van der Waals surface area (Å²) in [6.45, 7) is 10.9. The molecule has 1 saturated heterocycles. The molecule has 1 amide bonds. The van der Waals surface area contributed by atoms with E-state index in [4.69, 9.17) is 16.3 Å². The zero-order valence-corrected chi connectivity index (χ0v) is 21.5. The van der Waals surface area contributed by atoms with Gasteiger partial charge in [-0.05, 0) is 87.9 Å². The molecule has 0 spiro atoms. The van der Waals surface area contributed by atoms with Crippen molar-refractivity contribution in [2.45, 2.75) is 58.4 Å². The lowest BCUT2D eigenvalue weighted by Gasteiger charge is -2.32. The van der Waals surface area contributed by atoms with Gasteiger partial charge in [-0.3, -0.25) is 4.79 Å². The Labute approximate surface area is 202 Å². The van der Waals surface area contributed by atoms with Crippen LogP contribution in [0.2, 0.25) is 5.02 Å². The molecule has 6 nitrogen and oxygen atoms in total. The van der Waals surface area contributed by atoms with Crippen molar-refractivity contribution in [2.24, 2.45) is 5.92 Å². The molecular weight excluding hydrogens is 460 g/mol. The number of amides is 1. The van der Waals surface area contributed by atoms with Gasteiger partial charge in [0.2, 0.25) is 15.9 Å². The van der Waals surface area contributed by atoms with Gasteiger partial charge in [0.1, 0.15) is 5.75 Å². The molecule has 0 aliphatic carbocycles. The Morgan fingerprint density at radius 2 is 1.88 bits per heavy atom. The molecule has 33 heavy (non-hydrogen) atoms. The number of hydrogen-bond donors (Lipinski definition) is 1. The van der Waals surface area contributed by atoms with Gasteiger partial charge in [-0.15, -0.1) is 0 Å². The summed E-state index contributed by atoms with van der Waals surface area (Å²) in [7, 11) is -3.77. The van der Waals surface area contributed by atoms with Crippen molar-refractivity contribution in [2.75, 3.05) is 19.7 Å². The zero-order chi connectivity index (χ0) is 24.3. The van der Waals surface area contributed by atoms with E-state index in [2.05, 4.69) is 31.3 Å². The Balaban J connectivity index is 1.72. The highest BCUT2D eigenvalue weighted by Crippen LogP contribution is 2.31. The lowest BCUT2D eigenvalue weighted by molar-refractivity contribution is -0.126. The van der Waals surface area contributed by atoms with Gasteiger partial charge in [0.15, 0.2) is 0 Å². The number of nitrogens with zero attached hydrogens (tertiary/aromatic N) is 1. The maximum absolute atomic E-state index is 13.2. The topological polar surface area (TPSA) is 75.7 Å². The van der Waals surface area contributed by atoms with E-state index in [1.165, 1.54) is 27.6 Å². The van der Waals surface area contributed by atoms with Crippen LogP contribution in [-0.2, 0) is 14.8 Å². The first-order valence-corrected chi connectivity index (χ1v) is 13.2. The molecule has 0 saturated carbocycles. The van der Waals surface area contributed by atoms with Crippen molar-refractivity contribution in [3.63, 3.8) is 0 Å². The molecule has 2 aromatic rings. The zero-order valence-electron chi connectivity index (χ0n) is 19.9. The van der Waals surface area contributed by atoms with E-state index >= 15 is 0 Å². The third-order valence-corrected chi connectivity index (χ3v) is 8.46. The predicted molar refractivity (Wildman–Crippen MR) is 131 cm³/mol. The Bertz CT molecular complexity index is 1130. The average Bonchev–Trinajstić information content (AvgIpc) is 2.77.